The molecule has 0 spiro atoms. The van der Waals surface area contributed by atoms with Crippen molar-refractivity contribution in [1.82, 2.24) is 14.7 Å². The van der Waals surface area contributed by atoms with Crippen molar-refractivity contribution < 1.29 is 19.4 Å². The molecule has 1 aromatic heterocycles. The molecule has 0 radical (unpaired) electrons. The Hall–Kier alpha value is -1.76. The van der Waals surface area contributed by atoms with Gasteiger partial charge in [0.25, 0.3) is 0 Å². The zero-order chi connectivity index (χ0) is 16.5. The number of rotatable bonds is 2. The molecular formula is C14H20ClN3O4. The van der Waals surface area contributed by atoms with Crippen molar-refractivity contribution in [2.45, 2.75) is 45.3 Å². The molecule has 0 aliphatic carbocycles. The van der Waals surface area contributed by atoms with Crippen LogP contribution in [0.15, 0.2) is 6.20 Å². The molecule has 22 heavy (non-hydrogen) atoms. The summed E-state index contributed by atoms with van der Waals surface area (Å²) in [5, 5.41) is 13.4. The first-order valence-corrected chi connectivity index (χ1v) is 7.51. The van der Waals surface area contributed by atoms with E-state index in [2.05, 4.69) is 5.10 Å². The van der Waals surface area contributed by atoms with Gasteiger partial charge in [0.2, 0.25) is 0 Å². The molecule has 1 fully saturated rings. The fraction of sp³-hybridized carbons (Fsp3) is 0.643. The molecule has 2 rings (SSSR count). The molecule has 0 aromatic carbocycles. The van der Waals surface area contributed by atoms with Crippen molar-refractivity contribution in [3.05, 3.63) is 16.9 Å². The Morgan fingerprint density at radius 3 is 2.45 bits per heavy atom. The van der Waals surface area contributed by atoms with Gasteiger partial charge in [0.1, 0.15) is 5.60 Å². The number of carbonyl (C=O) groups is 2. The fourth-order valence-electron chi connectivity index (χ4n) is 2.44. The molecule has 1 amide bonds. The molecule has 1 aliphatic heterocycles. The van der Waals surface area contributed by atoms with E-state index in [9.17, 15) is 14.7 Å². The van der Waals surface area contributed by atoms with Gasteiger partial charge in [-0.05, 0) is 33.6 Å². The minimum absolute atomic E-state index is 0.00242. The number of carboxylic acid groups (broad SMARTS) is 1. The lowest BCUT2D eigenvalue weighted by Crippen LogP contribution is -2.42. The van der Waals surface area contributed by atoms with Gasteiger partial charge in [-0.1, -0.05) is 11.6 Å². The lowest BCUT2D eigenvalue weighted by atomic mass is 10.1. The SMILES string of the molecule is CC(C)(C)OC(=O)N1CCC(n2ncc(Cl)c2C(=O)O)CC1. The predicted octanol–water partition coefficient (Wildman–Crippen LogP) is 2.81. The molecule has 2 heterocycles. The van der Waals surface area contributed by atoms with Gasteiger partial charge in [-0.3, -0.25) is 4.68 Å². The second kappa shape index (κ2) is 6.16. The van der Waals surface area contributed by atoms with Crippen molar-refractivity contribution in [2.24, 2.45) is 0 Å². The third kappa shape index (κ3) is 3.71. The van der Waals surface area contributed by atoms with E-state index >= 15 is 0 Å². The maximum Gasteiger partial charge on any atom is 0.410 e. The Balaban J connectivity index is 2.01. The summed E-state index contributed by atoms with van der Waals surface area (Å²) in [4.78, 5) is 24.9. The molecule has 0 bridgehead atoms. The molecule has 1 saturated heterocycles. The highest BCUT2D eigenvalue weighted by Crippen LogP contribution is 2.27. The van der Waals surface area contributed by atoms with Crippen LogP contribution in [-0.4, -0.2) is 50.5 Å². The second-order valence-corrected chi connectivity index (χ2v) is 6.70. The summed E-state index contributed by atoms with van der Waals surface area (Å²) in [6, 6.07) is -0.0858. The van der Waals surface area contributed by atoms with Crippen LogP contribution in [0.4, 0.5) is 4.79 Å². The van der Waals surface area contributed by atoms with E-state index in [0.29, 0.717) is 25.9 Å². The van der Waals surface area contributed by atoms with Gasteiger partial charge in [0.05, 0.1) is 17.3 Å². The van der Waals surface area contributed by atoms with Crippen LogP contribution in [0.25, 0.3) is 0 Å². The Labute approximate surface area is 133 Å². The summed E-state index contributed by atoms with van der Waals surface area (Å²) < 4.78 is 6.78. The number of amides is 1. The van der Waals surface area contributed by atoms with Crippen LogP contribution in [0.5, 0.6) is 0 Å². The van der Waals surface area contributed by atoms with Gasteiger partial charge in [-0.25, -0.2) is 9.59 Å². The fourth-order valence-corrected chi connectivity index (χ4v) is 2.65. The molecule has 0 unspecified atom stereocenters. The molecule has 0 atom stereocenters. The van der Waals surface area contributed by atoms with Crippen LogP contribution in [0, 0.1) is 0 Å². The van der Waals surface area contributed by atoms with Crippen LogP contribution in [-0.2, 0) is 4.74 Å². The normalized spacial score (nSPS) is 16.6. The molecule has 1 aromatic rings. The van der Waals surface area contributed by atoms with Crippen molar-refractivity contribution in [2.75, 3.05) is 13.1 Å². The van der Waals surface area contributed by atoms with E-state index < -0.39 is 11.6 Å². The highest BCUT2D eigenvalue weighted by Gasteiger charge is 2.30. The number of piperidine rings is 1. The van der Waals surface area contributed by atoms with Gasteiger partial charge in [-0.2, -0.15) is 5.10 Å². The predicted molar refractivity (Wildman–Crippen MR) is 80.3 cm³/mol. The topological polar surface area (TPSA) is 84.7 Å². The molecule has 1 aliphatic rings. The minimum atomic E-state index is -1.10. The summed E-state index contributed by atoms with van der Waals surface area (Å²) in [7, 11) is 0. The van der Waals surface area contributed by atoms with Crippen LogP contribution < -0.4 is 0 Å². The summed E-state index contributed by atoms with van der Waals surface area (Å²) in [6.07, 6.45) is 2.21. The van der Waals surface area contributed by atoms with Gasteiger partial charge in [-0.15, -0.1) is 0 Å². The first-order valence-electron chi connectivity index (χ1n) is 7.13. The summed E-state index contributed by atoms with van der Waals surface area (Å²) in [6.45, 7) is 6.46. The number of nitrogens with zero attached hydrogens (tertiary/aromatic N) is 3. The van der Waals surface area contributed by atoms with Crippen LogP contribution in [0.3, 0.4) is 0 Å². The Bertz CT molecular complexity index is 571. The standard InChI is InChI=1S/C14H20ClN3O4/c1-14(2,3)22-13(21)17-6-4-9(5-7-17)18-11(12(19)20)10(15)8-16-18/h8-9H,4-7H2,1-3H3,(H,19,20). The maximum absolute atomic E-state index is 12.0. The van der Waals surface area contributed by atoms with Gasteiger partial charge >= 0.3 is 12.1 Å². The number of carboxylic acids is 1. The summed E-state index contributed by atoms with van der Waals surface area (Å²) >= 11 is 5.86. The third-order valence-electron chi connectivity index (χ3n) is 3.42. The maximum atomic E-state index is 12.0. The molecule has 122 valence electrons. The Morgan fingerprint density at radius 2 is 1.95 bits per heavy atom. The first kappa shape index (κ1) is 16.6. The van der Waals surface area contributed by atoms with E-state index in [1.165, 1.54) is 10.9 Å². The number of likely N-dealkylation sites (tertiary alicyclic amines) is 1. The molecule has 8 heteroatoms. The van der Waals surface area contributed by atoms with Crippen LogP contribution in [0.2, 0.25) is 5.02 Å². The smallest absolute Gasteiger partial charge is 0.410 e. The zero-order valence-corrected chi connectivity index (χ0v) is 13.6. The van der Waals surface area contributed by atoms with Crippen molar-refractivity contribution in [3.63, 3.8) is 0 Å². The highest BCUT2D eigenvalue weighted by molar-refractivity contribution is 6.33. The van der Waals surface area contributed by atoms with E-state index in [-0.39, 0.29) is 22.9 Å². The van der Waals surface area contributed by atoms with E-state index in [1.54, 1.807) is 4.90 Å². The highest BCUT2D eigenvalue weighted by atomic mass is 35.5. The summed E-state index contributed by atoms with van der Waals surface area (Å²) in [5.41, 5.74) is -0.530. The minimum Gasteiger partial charge on any atom is -0.476 e. The lowest BCUT2D eigenvalue weighted by molar-refractivity contribution is 0.0181. The van der Waals surface area contributed by atoms with Crippen LogP contribution >= 0.6 is 11.6 Å². The number of aromatic nitrogens is 2. The number of hydrogen-bond donors (Lipinski definition) is 1. The van der Waals surface area contributed by atoms with Gasteiger partial charge in [0.15, 0.2) is 5.69 Å². The molecule has 0 saturated carbocycles. The average Bonchev–Trinajstić information content (AvgIpc) is 2.79. The average molecular weight is 330 g/mol. The van der Waals surface area contributed by atoms with Gasteiger partial charge < -0.3 is 14.7 Å². The van der Waals surface area contributed by atoms with Crippen molar-refractivity contribution in [3.8, 4) is 0 Å². The third-order valence-corrected chi connectivity index (χ3v) is 3.69. The van der Waals surface area contributed by atoms with E-state index in [1.807, 2.05) is 20.8 Å². The number of aromatic carboxylic acids is 1. The van der Waals surface area contributed by atoms with Crippen molar-refractivity contribution in [1.29, 1.82) is 0 Å². The summed E-state index contributed by atoms with van der Waals surface area (Å²) in [5.74, 6) is -1.10. The molecular weight excluding hydrogens is 310 g/mol. The van der Waals surface area contributed by atoms with Crippen molar-refractivity contribution >= 4 is 23.7 Å². The number of hydrogen-bond acceptors (Lipinski definition) is 4. The molecule has 1 N–H and O–H groups in total. The largest absolute Gasteiger partial charge is 0.476 e. The number of carbonyl (C=O) groups excluding carboxylic acids is 1. The van der Waals surface area contributed by atoms with E-state index in [0.717, 1.165) is 0 Å². The molecule has 7 nitrogen and oxygen atoms in total. The van der Waals surface area contributed by atoms with Gasteiger partial charge in [0, 0.05) is 13.1 Å². The zero-order valence-electron chi connectivity index (χ0n) is 12.9. The Morgan fingerprint density at radius 1 is 1.36 bits per heavy atom. The van der Waals surface area contributed by atoms with E-state index in [4.69, 9.17) is 16.3 Å². The Kier molecular flexibility index (Phi) is 4.65. The first-order chi connectivity index (χ1) is 10.2. The lowest BCUT2D eigenvalue weighted by Gasteiger charge is -2.33. The number of ether oxygens (including phenoxy) is 1. The van der Waals surface area contributed by atoms with Crippen LogP contribution in [0.1, 0.15) is 50.1 Å². The second-order valence-electron chi connectivity index (χ2n) is 6.29. The monoisotopic (exact) mass is 329 g/mol. The quantitative estimate of drug-likeness (QED) is 0.901. The number of halogens is 1.